The van der Waals surface area contributed by atoms with Crippen molar-refractivity contribution >= 4 is 30.1 Å². The molecular weight excluding hydrogens is 256 g/mol. The Morgan fingerprint density at radius 1 is 1.24 bits per heavy atom. The lowest BCUT2D eigenvalue weighted by molar-refractivity contribution is -0.121. The molecule has 0 aliphatic rings. The van der Waals surface area contributed by atoms with Crippen LogP contribution in [0.25, 0.3) is 0 Å². The first-order valence-corrected chi connectivity index (χ1v) is 7.26. The van der Waals surface area contributed by atoms with E-state index < -0.39 is 0 Å². The molecule has 0 rings (SSSR count). The molecule has 0 heterocycles. The van der Waals surface area contributed by atoms with Gasteiger partial charge < -0.3 is 11.1 Å². The predicted octanol–water partition coefficient (Wildman–Crippen LogP) is 2.58. The topological polar surface area (TPSA) is 55.1 Å². The zero-order valence-electron chi connectivity index (χ0n) is 11.3. The van der Waals surface area contributed by atoms with Crippen molar-refractivity contribution in [3.05, 3.63) is 0 Å². The van der Waals surface area contributed by atoms with Gasteiger partial charge in [0.2, 0.25) is 5.91 Å². The molecule has 5 heteroatoms. The summed E-state index contributed by atoms with van der Waals surface area (Å²) < 4.78 is 0.134. The maximum absolute atomic E-state index is 11.5. The van der Waals surface area contributed by atoms with Gasteiger partial charge in [-0.3, -0.25) is 4.79 Å². The van der Waals surface area contributed by atoms with Gasteiger partial charge in [-0.15, -0.1) is 12.4 Å². The van der Waals surface area contributed by atoms with Crippen molar-refractivity contribution in [1.29, 1.82) is 0 Å². The van der Waals surface area contributed by atoms with Crippen LogP contribution < -0.4 is 11.1 Å². The minimum absolute atomic E-state index is 0. The van der Waals surface area contributed by atoms with Crippen LogP contribution in [0.2, 0.25) is 0 Å². The highest BCUT2D eigenvalue weighted by molar-refractivity contribution is 7.99. The molecule has 0 aliphatic carbocycles. The molecule has 0 unspecified atom stereocenters. The van der Waals surface area contributed by atoms with Gasteiger partial charge in [0.05, 0.1) is 0 Å². The maximum Gasteiger partial charge on any atom is 0.220 e. The average Bonchev–Trinajstić information content (AvgIpc) is 2.26. The van der Waals surface area contributed by atoms with Crippen molar-refractivity contribution in [2.45, 2.75) is 50.7 Å². The Balaban J connectivity index is 0. The van der Waals surface area contributed by atoms with Crippen LogP contribution in [-0.2, 0) is 4.79 Å². The maximum atomic E-state index is 11.5. The summed E-state index contributed by atoms with van der Waals surface area (Å²) in [5.41, 5.74) is 5.40. The predicted molar refractivity (Wildman–Crippen MR) is 80.0 cm³/mol. The molecule has 0 saturated carbocycles. The number of halogens is 1. The lowest BCUT2D eigenvalue weighted by Gasteiger charge is -2.22. The Bertz CT molecular complexity index is 201. The number of hydrogen-bond acceptors (Lipinski definition) is 3. The molecule has 0 spiro atoms. The summed E-state index contributed by atoms with van der Waals surface area (Å²) in [6, 6.07) is 0. The van der Waals surface area contributed by atoms with Crippen molar-refractivity contribution in [1.82, 2.24) is 5.32 Å². The number of carbonyl (C=O) groups excluding carboxylic acids is 1. The molecule has 0 aliphatic heterocycles. The van der Waals surface area contributed by atoms with E-state index in [1.54, 1.807) is 11.8 Å². The SMILES string of the molecule is CSC(C)(C)CNC(=O)CCCCCCN.Cl. The zero-order chi connectivity index (χ0) is 12.4. The van der Waals surface area contributed by atoms with Crippen LogP contribution in [-0.4, -0.2) is 30.0 Å². The molecular formula is C12H27ClN2OS. The Morgan fingerprint density at radius 2 is 1.82 bits per heavy atom. The second kappa shape index (κ2) is 11.2. The highest BCUT2D eigenvalue weighted by Gasteiger charge is 2.16. The lowest BCUT2D eigenvalue weighted by atomic mass is 10.1. The van der Waals surface area contributed by atoms with Gasteiger partial charge in [-0.25, -0.2) is 0 Å². The molecule has 0 aromatic carbocycles. The highest BCUT2D eigenvalue weighted by Crippen LogP contribution is 2.19. The molecule has 0 fully saturated rings. The summed E-state index contributed by atoms with van der Waals surface area (Å²) >= 11 is 1.78. The molecule has 0 atom stereocenters. The largest absolute Gasteiger partial charge is 0.355 e. The zero-order valence-corrected chi connectivity index (χ0v) is 12.9. The molecule has 3 N–H and O–H groups in total. The van der Waals surface area contributed by atoms with E-state index in [1.165, 1.54) is 0 Å². The highest BCUT2D eigenvalue weighted by atomic mass is 35.5. The van der Waals surface area contributed by atoms with Gasteiger partial charge in [0.25, 0.3) is 0 Å². The van der Waals surface area contributed by atoms with E-state index >= 15 is 0 Å². The Morgan fingerprint density at radius 3 is 2.35 bits per heavy atom. The van der Waals surface area contributed by atoms with Gasteiger partial charge in [0.1, 0.15) is 0 Å². The van der Waals surface area contributed by atoms with E-state index in [0.717, 1.165) is 38.8 Å². The third-order valence-corrected chi connectivity index (χ3v) is 3.87. The van der Waals surface area contributed by atoms with Crippen LogP contribution in [0.3, 0.4) is 0 Å². The van der Waals surface area contributed by atoms with Gasteiger partial charge in [-0.2, -0.15) is 11.8 Å². The summed E-state index contributed by atoms with van der Waals surface area (Å²) in [6.07, 6.45) is 7.01. The minimum atomic E-state index is 0. The molecule has 0 bridgehead atoms. The molecule has 0 aromatic heterocycles. The molecule has 3 nitrogen and oxygen atoms in total. The summed E-state index contributed by atoms with van der Waals surface area (Å²) in [5, 5.41) is 2.98. The van der Waals surface area contributed by atoms with E-state index in [2.05, 4.69) is 25.4 Å². The van der Waals surface area contributed by atoms with E-state index in [0.29, 0.717) is 6.42 Å². The molecule has 0 radical (unpaired) electrons. The first-order chi connectivity index (χ1) is 7.52. The molecule has 0 saturated heterocycles. The fraction of sp³-hybridized carbons (Fsp3) is 0.917. The van der Waals surface area contributed by atoms with Crippen molar-refractivity contribution < 1.29 is 4.79 Å². The number of amides is 1. The summed E-state index contributed by atoms with van der Waals surface area (Å²) in [6.45, 7) is 5.78. The number of thioether (sulfide) groups is 1. The third kappa shape index (κ3) is 12.3. The number of carbonyl (C=O) groups is 1. The second-order valence-electron chi connectivity index (χ2n) is 4.69. The van der Waals surface area contributed by atoms with Crippen LogP contribution >= 0.6 is 24.2 Å². The van der Waals surface area contributed by atoms with Crippen molar-refractivity contribution in [3.8, 4) is 0 Å². The monoisotopic (exact) mass is 282 g/mol. The van der Waals surface area contributed by atoms with Gasteiger partial charge in [0.15, 0.2) is 0 Å². The van der Waals surface area contributed by atoms with E-state index in [4.69, 9.17) is 5.73 Å². The van der Waals surface area contributed by atoms with E-state index in [1.807, 2.05) is 0 Å². The van der Waals surface area contributed by atoms with Crippen LogP contribution in [0.5, 0.6) is 0 Å². The third-order valence-electron chi connectivity index (χ3n) is 2.62. The fourth-order valence-corrected chi connectivity index (χ4v) is 1.47. The standard InChI is InChI=1S/C12H26N2OS.ClH/c1-12(2,16-3)10-14-11(15)8-6-4-5-7-9-13;/h4-10,13H2,1-3H3,(H,14,15);1H. The number of hydrogen-bond donors (Lipinski definition) is 2. The summed E-state index contributed by atoms with van der Waals surface area (Å²) in [4.78, 5) is 11.5. The summed E-state index contributed by atoms with van der Waals surface area (Å²) in [5.74, 6) is 0.176. The Hall–Kier alpha value is 0.0700. The quantitative estimate of drug-likeness (QED) is 0.639. The van der Waals surface area contributed by atoms with Crippen molar-refractivity contribution in [2.75, 3.05) is 19.3 Å². The van der Waals surface area contributed by atoms with E-state index in [-0.39, 0.29) is 23.1 Å². The Kier molecular flexibility index (Phi) is 12.8. The Labute approximate surface area is 116 Å². The van der Waals surface area contributed by atoms with Crippen LogP contribution in [0.1, 0.15) is 46.0 Å². The first kappa shape index (κ1) is 19.4. The summed E-state index contributed by atoms with van der Waals surface area (Å²) in [7, 11) is 0. The fourth-order valence-electron chi connectivity index (χ4n) is 1.26. The van der Waals surface area contributed by atoms with Gasteiger partial charge in [-0.05, 0) is 39.5 Å². The second-order valence-corrected chi connectivity index (χ2v) is 6.21. The van der Waals surface area contributed by atoms with Gasteiger partial charge >= 0.3 is 0 Å². The number of nitrogens with two attached hydrogens (primary N) is 1. The van der Waals surface area contributed by atoms with Crippen LogP contribution in [0.15, 0.2) is 0 Å². The van der Waals surface area contributed by atoms with E-state index in [9.17, 15) is 4.79 Å². The van der Waals surface area contributed by atoms with Crippen LogP contribution in [0, 0.1) is 0 Å². The normalized spacial score (nSPS) is 10.8. The smallest absolute Gasteiger partial charge is 0.220 e. The molecule has 104 valence electrons. The van der Waals surface area contributed by atoms with Gasteiger partial charge in [0, 0.05) is 17.7 Å². The van der Waals surface area contributed by atoms with Crippen molar-refractivity contribution in [3.63, 3.8) is 0 Å². The molecule has 17 heavy (non-hydrogen) atoms. The number of unbranched alkanes of at least 4 members (excludes halogenated alkanes) is 3. The number of rotatable bonds is 9. The lowest BCUT2D eigenvalue weighted by Crippen LogP contribution is -2.35. The van der Waals surface area contributed by atoms with Gasteiger partial charge in [-0.1, -0.05) is 12.8 Å². The molecule has 1 amide bonds. The molecule has 0 aromatic rings. The van der Waals surface area contributed by atoms with Crippen LogP contribution in [0.4, 0.5) is 0 Å². The average molecular weight is 283 g/mol. The van der Waals surface area contributed by atoms with Crippen molar-refractivity contribution in [2.24, 2.45) is 5.73 Å². The minimum Gasteiger partial charge on any atom is -0.355 e. The first-order valence-electron chi connectivity index (χ1n) is 6.04. The number of nitrogens with one attached hydrogen (secondary N) is 1.